The van der Waals surface area contributed by atoms with Crippen molar-refractivity contribution in [2.75, 3.05) is 14.2 Å². The number of nitrogens with zero attached hydrogens (tertiary/aromatic N) is 2. The summed E-state index contributed by atoms with van der Waals surface area (Å²) in [6, 6.07) is 16.7. The molecule has 3 aromatic rings. The van der Waals surface area contributed by atoms with E-state index in [0.29, 0.717) is 22.6 Å². The van der Waals surface area contributed by atoms with Gasteiger partial charge in [0.15, 0.2) is 11.5 Å². The monoisotopic (exact) mass is 430 g/mol. The molecule has 1 atom stereocenters. The molecule has 7 heteroatoms. The van der Waals surface area contributed by atoms with E-state index >= 15 is 0 Å². The Morgan fingerprint density at radius 1 is 1.00 bits per heavy atom. The van der Waals surface area contributed by atoms with Crippen molar-refractivity contribution < 1.29 is 24.2 Å². The van der Waals surface area contributed by atoms with Gasteiger partial charge in [-0.1, -0.05) is 42.5 Å². The van der Waals surface area contributed by atoms with Crippen molar-refractivity contribution in [2.45, 2.75) is 12.6 Å². The Kier molecular flexibility index (Phi) is 5.89. The average Bonchev–Trinajstić information content (AvgIpc) is 3.09. The van der Waals surface area contributed by atoms with Gasteiger partial charge in [0.2, 0.25) is 0 Å². The molecule has 7 nitrogen and oxygen atoms in total. The van der Waals surface area contributed by atoms with E-state index in [-0.39, 0.29) is 17.9 Å². The summed E-state index contributed by atoms with van der Waals surface area (Å²) in [4.78, 5) is 31.7. The number of carbonyl (C=O) groups excluding carboxylic acids is 2. The molecule has 1 aliphatic heterocycles. The van der Waals surface area contributed by atoms with Crippen LogP contribution in [0.15, 0.2) is 78.6 Å². The molecule has 162 valence electrons. The van der Waals surface area contributed by atoms with E-state index < -0.39 is 17.7 Å². The number of amides is 1. The van der Waals surface area contributed by atoms with Crippen molar-refractivity contribution >= 4 is 17.4 Å². The molecule has 1 aromatic heterocycles. The highest BCUT2D eigenvalue weighted by molar-refractivity contribution is 6.46. The number of ether oxygens (including phenoxy) is 2. The standard InChI is InChI=1S/C25H22N2O5/c1-31-19-11-10-18(13-20(19)32-2)22-21(23(28)17-8-4-3-5-9-17)24(29)25(30)27(22)15-16-7-6-12-26-14-16/h3-14,22,28H,15H2,1-2H3/b23-21+/t22-/m1/s1. The van der Waals surface area contributed by atoms with Gasteiger partial charge in [0.1, 0.15) is 5.76 Å². The summed E-state index contributed by atoms with van der Waals surface area (Å²) in [6.45, 7) is 0.156. The molecule has 1 N–H and O–H groups in total. The molecule has 0 unspecified atom stereocenters. The largest absolute Gasteiger partial charge is 0.507 e. The van der Waals surface area contributed by atoms with Crippen molar-refractivity contribution in [1.29, 1.82) is 0 Å². The lowest BCUT2D eigenvalue weighted by molar-refractivity contribution is -0.140. The zero-order chi connectivity index (χ0) is 22.7. The summed E-state index contributed by atoms with van der Waals surface area (Å²) < 4.78 is 10.7. The first kappa shape index (κ1) is 21.1. The number of methoxy groups -OCH3 is 2. The topological polar surface area (TPSA) is 89.0 Å². The zero-order valence-electron chi connectivity index (χ0n) is 17.7. The van der Waals surface area contributed by atoms with Crippen LogP contribution in [0.25, 0.3) is 5.76 Å². The molecule has 2 aromatic carbocycles. The van der Waals surface area contributed by atoms with Crippen LogP contribution in [0.5, 0.6) is 11.5 Å². The third-order valence-corrected chi connectivity index (χ3v) is 5.39. The molecule has 2 heterocycles. The third-order valence-electron chi connectivity index (χ3n) is 5.39. The maximum absolute atomic E-state index is 13.1. The summed E-state index contributed by atoms with van der Waals surface area (Å²) in [5.74, 6) is -0.682. The highest BCUT2D eigenvalue weighted by Gasteiger charge is 2.46. The molecule has 1 saturated heterocycles. The number of pyridine rings is 1. The normalized spacial score (nSPS) is 17.4. The second kappa shape index (κ2) is 8.93. The Bertz CT molecular complexity index is 1180. The quantitative estimate of drug-likeness (QED) is 0.364. The summed E-state index contributed by atoms with van der Waals surface area (Å²) in [7, 11) is 3.04. The van der Waals surface area contributed by atoms with Gasteiger partial charge >= 0.3 is 0 Å². The summed E-state index contributed by atoms with van der Waals surface area (Å²) in [6.07, 6.45) is 3.28. The van der Waals surface area contributed by atoms with Gasteiger partial charge in [0.25, 0.3) is 11.7 Å². The molecular formula is C25H22N2O5. The summed E-state index contributed by atoms with van der Waals surface area (Å²) in [5.41, 5.74) is 1.86. The van der Waals surface area contributed by atoms with Gasteiger partial charge in [-0.15, -0.1) is 0 Å². The Hall–Kier alpha value is -4.13. The number of hydrogen-bond donors (Lipinski definition) is 1. The maximum atomic E-state index is 13.1. The van der Waals surface area contributed by atoms with Gasteiger partial charge in [0, 0.05) is 24.5 Å². The minimum absolute atomic E-state index is 0.0253. The van der Waals surface area contributed by atoms with Crippen molar-refractivity contribution in [1.82, 2.24) is 9.88 Å². The highest BCUT2D eigenvalue weighted by Crippen LogP contribution is 2.42. The van der Waals surface area contributed by atoms with E-state index in [4.69, 9.17) is 9.47 Å². The molecule has 4 rings (SSSR count). The predicted molar refractivity (Wildman–Crippen MR) is 118 cm³/mol. The fourth-order valence-electron chi connectivity index (χ4n) is 3.85. The number of carbonyl (C=O) groups is 2. The number of aliphatic hydroxyl groups excluding tert-OH is 1. The predicted octanol–water partition coefficient (Wildman–Crippen LogP) is 3.72. The van der Waals surface area contributed by atoms with Crippen molar-refractivity contribution in [3.05, 3.63) is 95.3 Å². The third kappa shape index (κ3) is 3.80. The molecule has 1 aliphatic rings. The van der Waals surface area contributed by atoms with Crippen molar-refractivity contribution in [3.8, 4) is 11.5 Å². The smallest absolute Gasteiger partial charge is 0.295 e. The van der Waals surface area contributed by atoms with Crippen LogP contribution in [-0.4, -0.2) is 40.9 Å². The van der Waals surface area contributed by atoms with E-state index in [9.17, 15) is 14.7 Å². The second-order valence-corrected chi connectivity index (χ2v) is 7.27. The van der Waals surface area contributed by atoms with Crippen LogP contribution in [0.3, 0.4) is 0 Å². The Balaban J connectivity index is 1.89. The van der Waals surface area contributed by atoms with Gasteiger partial charge < -0.3 is 19.5 Å². The number of likely N-dealkylation sites (tertiary alicyclic amines) is 1. The van der Waals surface area contributed by atoms with Crippen LogP contribution in [-0.2, 0) is 16.1 Å². The van der Waals surface area contributed by atoms with E-state index in [1.165, 1.54) is 19.1 Å². The first-order valence-electron chi connectivity index (χ1n) is 9.99. The van der Waals surface area contributed by atoms with Gasteiger partial charge in [-0.2, -0.15) is 0 Å². The highest BCUT2D eigenvalue weighted by atomic mass is 16.5. The fraction of sp³-hybridized carbons (Fsp3) is 0.160. The summed E-state index contributed by atoms with van der Waals surface area (Å²) in [5, 5.41) is 11.1. The van der Waals surface area contributed by atoms with Crippen LogP contribution >= 0.6 is 0 Å². The maximum Gasteiger partial charge on any atom is 0.295 e. The zero-order valence-corrected chi connectivity index (χ0v) is 17.7. The molecule has 0 aliphatic carbocycles. The van der Waals surface area contributed by atoms with Gasteiger partial charge in [-0.3, -0.25) is 14.6 Å². The minimum atomic E-state index is -0.810. The first-order valence-corrected chi connectivity index (χ1v) is 9.99. The molecule has 0 saturated carbocycles. The lowest BCUT2D eigenvalue weighted by Gasteiger charge is -2.26. The minimum Gasteiger partial charge on any atom is -0.507 e. The fourth-order valence-corrected chi connectivity index (χ4v) is 3.85. The van der Waals surface area contributed by atoms with E-state index in [1.807, 2.05) is 12.1 Å². The second-order valence-electron chi connectivity index (χ2n) is 7.27. The number of Topliss-reactive ketones (excluding diaryl/α,β-unsaturated/α-hetero) is 1. The lowest BCUT2D eigenvalue weighted by atomic mass is 9.95. The number of ketones is 1. The van der Waals surface area contributed by atoms with E-state index in [1.54, 1.807) is 60.9 Å². The lowest BCUT2D eigenvalue weighted by Crippen LogP contribution is -2.29. The number of aliphatic hydroxyl groups is 1. The van der Waals surface area contributed by atoms with Gasteiger partial charge in [-0.05, 0) is 29.3 Å². The molecule has 1 fully saturated rings. The van der Waals surface area contributed by atoms with Crippen molar-refractivity contribution in [3.63, 3.8) is 0 Å². The van der Waals surface area contributed by atoms with Crippen LogP contribution < -0.4 is 9.47 Å². The summed E-state index contributed by atoms with van der Waals surface area (Å²) >= 11 is 0. The SMILES string of the molecule is COc1ccc([C@@H]2/C(=C(\O)c3ccccc3)C(=O)C(=O)N2Cc2cccnc2)cc1OC. The number of aromatic nitrogens is 1. The van der Waals surface area contributed by atoms with Crippen LogP contribution in [0.4, 0.5) is 0 Å². The Labute approximate surface area is 185 Å². The van der Waals surface area contributed by atoms with Gasteiger partial charge in [0.05, 0.1) is 25.8 Å². The van der Waals surface area contributed by atoms with Crippen LogP contribution in [0, 0.1) is 0 Å². The van der Waals surface area contributed by atoms with Crippen LogP contribution in [0.2, 0.25) is 0 Å². The molecule has 1 amide bonds. The van der Waals surface area contributed by atoms with E-state index in [2.05, 4.69) is 4.98 Å². The number of benzene rings is 2. The van der Waals surface area contributed by atoms with Crippen molar-refractivity contribution in [2.24, 2.45) is 0 Å². The molecular weight excluding hydrogens is 408 g/mol. The van der Waals surface area contributed by atoms with Crippen LogP contribution in [0.1, 0.15) is 22.7 Å². The molecule has 32 heavy (non-hydrogen) atoms. The Morgan fingerprint density at radius 2 is 1.75 bits per heavy atom. The first-order chi connectivity index (χ1) is 15.5. The van der Waals surface area contributed by atoms with E-state index in [0.717, 1.165) is 5.56 Å². The molecule has 0 spiro atoms. The van der Waals surface area contributed by atoms with Gasteiger partial charge in [-0.25, -0.2) is 0 Å². The number of rotatable bonds is 6. The Morgan fingerprint density at radius 3 is 2.41 bits per heavy atom. The molecule has 0 bridgehead atoms. The number of hydrogen-bond acceptors (Lipinski definition) is 6. The molecule has 0 radical (unpaired) electrons. The average molecular weight is 430 g/mol.